The van der Waals surface area contributed by atoms with Gasteiger partial charge in [-0.25, -0.2) is 4.98 Å². The van der Waals surface area contributed by atoms with Crippen molar-refractivity contribution in [2.24, 2.45) is 0 Å². The summed E-state index contributed by atoms with van der Waals surface area (Å²) in [6, 6.07) is 4.70. The summed E-state index contributed by atoms with van der Waals surface area (Å²) in [6.45, 7) is 0.756. The summed E-state index contributed by atoms with van der Waals surface area (Å²) in [5.74, 6) is -1.32. The van der Waals surface area contributed by atoms with E-state index in [1.807, 2.05) is 4.90 Å². The highest BCUT2D eigenvalue weighted by Crippen LogP contribution is 2.31. The van der Waals surface area contributed by atoms with Crippen molar-refractivity contribution < 1.29 is 18.1 Å². The van der Waals surface area contributed by atoms with Gasteiger partial charge in [0.25, 0.3) is 11.2 Å². The molecular formula is C17H14F3N5O3. The van der Waals surface area contributed by atoms with E-state index in [-0.39, 0.29) is 36.5 Å². The van der Waals surface area contributed by atoms with Crippen molar-refractivity contribution >= 4 is 16.6 Å². The number of non-ortho nitro benzene ring substituents is 1. The second kappa shape index (κ2) is 6.44. The van der Waals surface area contributed by atoms with Crippen LogP contribution in [0.2, 0.25) is 0 Å². The third-order valence-corrected chi connectivity index (χ3v) is 4.78. The SMILES string of the molecule is O=c1[nH]c(C(F)(F)F)nc2c1CCN(Cc1c[nH]c3cccc([N+](=O)[O-])c13)C2. The molecule has 4 rings (SSSR count). The predicted octanol–water partition coefficient (Wildman–Crippen LogP) is 2.74. The minimum atomic E-state index is -4.74. The maximum Gasteiger partial charge on any atom is 0.449 e. The molecule has 2 aromatic heterocycles. The van der Waals surface area contributed by atoms with Gasteiger partial charge in [0.05, 0.1) is 21.5 Å². The van der Waals surface area contributed by atoms with E-state index >= 15 is 0 Å². The van der Waals surface area contributed by atoms with Crippen LogP contribution >= 0.6 is 0 Å². The van der Waals surface area contributed by atoms with E-state index in [2.05, 4.69) is 9.97 Å². The Labute approximate surface area is 155 Å². The molecule has 3 heterocycles. The minimum absolute atomic E-state index is 0.0416. The molecule has 0 aliphatic carbocycles. The molecule has 28 heavy (non-hydrogen) atoms. The van der Waals surface area contributed by atoms with Crippen LogP contribution in [0.25, 0.3) is 10.9 Å². The molecule has 0 atom stereocenters. The van der Waals surface area contributed by atoms with E-state index in [1.54, 1.807) is 23.3 Å². The Hall–Kier alpha value is -3.21. The first kappa shape index (κ1) is 18.2. The zero-order chi connectivity index (χ0) is 20.1. The number of hydrogen-bond donors (Lipinski definition) is 2. The quantitative estimate of drug-likeness (QED) is 0.526. The van der Waals surface area contributed by atoms with Crippen LogP contribution < -0.4 is 5.56 Å². The lowest BCUT2D eigenvalue weighted by Crippen LogP contribution is -2.36. The highest BCUT2D eigenvalue weighted by molar-refractivity contribution is 5.91. The fraction of sp³-hybridized carbons (Fsp3) is 0.294. The summed E-state index contributed by atoms with van der Waals surface area (Å²) < 4.78 is 38.8. The van der Waals surface area contributed by atoms with Crippen LogP contribution in [-0.2, 0) is 25.7 Å². The van der Waals surface area contributed by atoms with Crippen LogP contribution in [0.1, 0.15) is 22.6 Å². The van der Waals surface area contributed by atoms with Gasteiger partial charge in [-0.05, 0) is 18.1 Å². The molecule has 11 heteroatoms. The number of aromatic amines is 2. The molecule has 1 aliphatic heterocycles. The maximum absolute atomic E-state index is 12.9. The topological polar surface area (TPSA) is 108 Å². The van der Waals surface area contributed by atoms with Gasteiger partial charge >= 0.3 is 6.18 Å². The van der Waals surface area contributed by atoms with E-state index in [4.69, 9.17) is 0 Å². The van der Waals surface area contributed by atoms with Gasteiger partial charge in [-0.3, -0.25) is 19.8 Å². The van der Waals surface area contributed by atoms with Crippen LogP contribution in [0.4, 0.5) is 18.9 Å². The number of aromatic nitrogens is 3. The Bertz CT molecular complexity index is 1140. The van der Waals surface area contributed by atoms with E-state index in [0.29, 0.717) is 23.0 Å². The highest BCUT2D eigenvalue weighted by Gasteiger charge is 2.36. The lowest BCUT2D eigenvalue weighted by Gasteiger charge is -2.27. The molecule has 8 nitrogen and oxygen atoms in total. The van der Waals surface area contributed by atoms with E-state index in [0.717, 1.165) is 0 Å². The number of hydrogen-bond acceptors (Lipinski definition) is 5. The number of benzene rings is 1. The molecule has 3 aromatic rings. The summed E-state index contributed by atoms with van der Waals surface area (Å²) in [4.78, 5) is 33.0. The van der Waals surface area contributed by atoms with Crippen molar-refractivity contribution in [3.05, 3.63) is 67.5 Å². The third kappa shape index (κ3) is 3.13. The lowest BCUT2D eigenvalue weighted by molar-refractivity contribution is -0.383. The maximum atomic E-state index is 12.9. The average molecular weight is 393 g/mol. The number of halogens is 3. The molecule has 0 radical (unpaired) electrons. The van der Waals surface area contributed by atoms with Crippen molar-refractivity contribution in [2.75, 3.05) is 6.54 Å². The van der Waals surface area contributed by atoms with Gasteiger partial charge in [-0.2, -0.15) is 13.2 Å². The number of nitrogens with one attached hydrogen (secondary N) is 2. The molecule has 2 N–H and O–H groups in total. The molecule has 0 amide bonds. The number of nitro groups is 1. The Balaban J connectivity index is 1.66. The Kier molecular flexibility index (Phi) is 4.18. The summed E-state index contributed by atoms with van der Waals surface area (Å²) in [7, 11) is 0. The number of fused-ring (bicyclic) bond motifs is 2. The summed E-state index contributed by atoms with van der Waals surface area (Å²) >= 11 is 0. The van der Waals surface area contributed by atoms with E-state index < -0.39 is 22.5 Å². The van der Waals surface area contributed by atoms with Gasteiger partial charge in [0, 0.05) is 37.5 Å². The van der Waals surface area contributed by atoms with Crippen molar-refractivity contribution in [3.8, 4) is 0 Å². The second-order valence-corrected chi connectivity index (χ2v) is 6.57. The van der Waals surface area contributed by atoms with Crippen molar-refractivity contribution in [1.29, 1.82) is 0 Å². The van der Waals surface area contributed by atoms with Gasteiger partial charge in [-0.15, -0.1) is 0 Å². The van der Waals surface area contributed by atoms with E-state index in [9.17, 15) is 28.1 Å². The van der Waals surface area contributed by atoms with Gasteiger partial charge < -0.3 is 9.97 Å². The van der Waals surface area contributed by atoms with E-state index in [1.165, 1.54) is 6.07 Å². The molecule has 0 fully saturated rings. The van der Waals surface area contributed by atoms with Crippen LogP contribution in [-0.4, -0.2) is 31.3 Å². The third-order valence-electron chi connectivity index (χ3n) is 4.78. The highest BCUT2D eigenvalue weighted by atomic mass is 19.4. The van der Waals surface area contributed by atoms with Crippen molar-refractivity contribution in [2.45, 2.75) is 25.7 Å². The summed E-state index contributed by atoms with van der Waals surface area (Å²) in [5, 5.41) is 11.8. The molecule has 0 spiro atoms. The smallest absolute Gasteiger partial charge is 0.361 e. The standard InChI is InChI=1S/C17H14F3N5O3/c18-17(19,20)16-22-12-8-24(5-4-10(12)15(26)23-16)7-9-6-21-11-2-1-3-13(14(9)11)25(27)28/h1-3,6,21H,4-5,7-8H2,(H,22,23,26). The largest absolute Gasteiger partial charge is 0.449 e. The summed E-state index contributed by atoms with van der Waals surface area (Å²) in [6.07, 6.45) is -2.84. The number of nitro benzene ring substituents is 1. The molecule has 0 unspecified atom stereocenters. The zero-order valence-electron chi connectivity index (χ0n) is 14.3. The van der Waals surface area contributed by atoms with Gasteiger partial charge in [0.15, 0.2) is 0 Å². The number of nitrogens with zero attached hydrogens (tertiary/aromatic N) is 3. The van der Waals surface area contributed by atoms with Crippen LogP contribution in [0.15, 0.2) is 29.2 Å². The van der Waals surface area contributed by atoms with Crippen LogP contribution in [0.5, 0.6) is 0 Å². The van der Waals surface area contributed by atoms with Gasteiger partial charge in [0.1, 0.15) is 0 Å². The number of rotatable bonds is 3. The first-order chi connectivity index (χ1) is 13.2. The van der Waals surface area contributed by atoms with Crippen LogP contribution in [0.3, 0.4) is 0 Å². The first-order valence-corrected chi connectivity index (χ1v) is 8.39. The molecule has 0 saturated carbocycles. The van der Waals surface area contributed by atoms with Gasteiger partial charge in [0.2, 0.25) is 5.82 Å². The molecule has 1 aromatic carbocycles. The van der Waals surface area contributed by atoms with Gasteiger partial charge in [-0.1, -0.05) is 6.07 Å². The fourth-order valence-electron chi connectivity index (χ4n) is 3.52. The summed E-state index contributed by atoms with van der Waals surface area (Å²) in [5.41, 5.74) is 0.771. The van der Waals surface area contributed by atoms with Crippen LogP contribution in [0, 0.1) is 10.1 Å². The van der Waals surface area contributed by atoms with Crippen molar-refractivity contribution in [1.82, 2.24) is 19.9 Å². The number of alkyl halides is 3. The number of H-pyrrole nitrogens is 2. The Morgan fingerprint density at radius 2 is 2.11 bits per heavy atom. The minimum Gasteiger partial charge on any atom is -0.361 e. The molecule has 146 valence electrons. The van der Waals surface area contributed by atoms with Crippen molar-refractivity contribution in [3.63, 3.8) is 0 Å². The monoisotopic (exact) mass is 393 g/mol. The first-order valence-electron chi connectivity index (χ1n) is 8.39. The lowest BCUT2D eigenvalue weighted by atomic mass is 10.0. The molecule has 0 saturated heterocycles. The molecular weight excluding hydrogens is 379 g/mol. The fourth-order valence-corrected chi connectivity index (χ4v) is 3.52. The second-order valence-electron chi connectivity index (χ2n) is 6.57. The average Bonchev–Trinajstić information content (AvgIpc) is 3.03. The normalized spacial score (nSPS) is 15.0. The predicted molar refractivity (Wildman–Crippen MR) is 92.6 cm³/mol. The molecule has 0 bridgehead atoms. The molecule has 1 aliphatic rings. The Morgan fingerprint density at radius 3 is 2.82 bits per heavy atom. The zero-order valence-corrected chi connectivity index (χ0v) is 14.3. The Morgan fingerprint density at radius 1 is 1.32 bits per heavy atom.